The van der Waals surface area contributed by atoms with Gasteiger partial charge in [0, 0.05) is 18.1 Å². The van der Waals surface area contributed by atoms with E-state index < -0.39 is 24.2 Å². The molecule has 0 spiro atoms. The molecule has 22 heavy (non-hydrogen) atoms. The highest BCUT2D eigenvalue weighted by atomic mass is 16.6. The van der Waals surface area contributed by atoms with E-state index in [9.17, 15) is 19.5 Å². The van der Waals surface area contributed by atoms with Crippen LogP contribution >= 0.6 is 0 Å². The van der Waals surface area contributed by atoms with E-state index in [4.69, 9.17) is 5.11 Å². The van der Waals surface area contributed by atoms with Crippen molar-refractivity contribution in [3.05, 3.63) is 42.0 Å². The van der Waals surface area contributed by atoms with Crippen molar-refractivity contribution in [2.45, 2.75) is 27.1 Å². The number of carbonyl (C=O) groups is 3. The summed E-state index contributed by atoms with van der Waals surface area (Å²) < 4.78 is 8.98. The maximum absolute atomic E-state index is 10.6. The number of aliphatic hydroxyl groups excluding tert-OH is 1. The smallest absolute Gasteiger partial charge is 0.335 e. The molecule has 120 valence electrons. The summed E-state index contributed by atoms with van der Waals surface area (Å²) in [6, 6.07) is 5.81. The number of carboxylic acid groups (broad SMARTS) is 1. The topological polar surface area (TPSA) is 113 Å². The maximum atomic E-state index is 10.6. The van der Waals surface area contributed by atoms with Crippen molar-refractivity contribution in [3.8, 4) is 5.75 Å². The van der Waals surface area contributed by atoms with E-state index in [0.29, 0.717) is 0 Å². The predicted octanol–water partition coefficient (Wildman–Crippen LogP) is 0.419. The van der Waals surface area contributed by atoms with Crippen LogP contribution in [0, 0.1) is 0 Å². The van der Waals surface area contributed by atoms with Gasteiger partial charge in [0.05, 0.1) is 5.97 Å². The fourth-order valence-electron chi connectivity index (χ4n) is 1.13. The highest BCUT2D eigenvalue weighted by Gasteiger charge is 2.05. The van der Waals surface area contributed by atoms with Crippen LogP contribution in [0.15, 0.2) is 36.4 Å². The van der Waals surface area contributed by atoms with Gasteiger partial charge in [-0.3, -0.25) is 4.79 Å². The van der Waals surface area contributed by atoms with Crippen LogP contribution in [0.4, 0.5) is 0 Å². The molecule has 1 aromatic carbocycles. The zero-order valence-corrected chi connectivity index (χ0v) is 12.5. The average molecular weight is 309 g/mol. The zero-order chi connectivity index (χ0) is 17.3. The average Bonchev–Trinajstić information content (AvgIpc) is 2.38. The van der Waals surface area contributed by atoms with Crippen molar-refractivity contribution in [2.24, 2.45) is 0 Å². The van der Waals surface area contributed by atoms with E-state index in [-0.39, 0.29) is 16.9 Å². The second-order valence-electron chi connectivity index (χ2n) is 4.16. The van der Waals surface area contributed by atoms with E-state index in [2.05, 4.69) is 16.1 Å². The minimum atomic E-state index is -1.36. The number of carboxylic acids is 1. The van der Waals surface area contributed by atoms with E-state index >= 15 is 0 Å². The molecule has 0 fully saturated rings. The molecule has 0 heterocycles. The van der Waals surface area contributed by atoms with E-state index in [0.717, 1.165) is 0 Å². The molecule has 0 saturated carbocycles. The first-order valence-electron chi connectivity index (χ1n) is 6.18. The van der Waals surface area contributed by atoms with Gasteiger partial charge < -0.3 is 24.5 Å². The van der Waals surface area contributed by atoms with Crippen LogP contribution in [-0.4, -0.2) is 29.3 Å². The third-order valence-corrected chi connectivity index (χ3v) is 1.99. The Kier molecular flexibility index (Phi) is 8.17. The summed E-state index contributed by atoms with van der Waals surface area (Å²) in [4.78, 5) is 31.5. The maximum Gasteiger partial charge on any atom is 0.335 e. The van der Waals surface area contributed by atoms with Crippen LogP contribution in [0.5, 0.6) is 5.75 Å². The SMILES string of the molecule is C=C(C)C(=O)OC(C)O.CC(=O)Oc1ccccc1C(=O)[O-]. The fourth-order valence-corrected chi connectivity index (χ4v) is 1.13. The highest BCUT2D eigenvalue weighted by molar-refractivity contribution is 5.90. The summed E-state index contributed by atoms with van der Waals surface area (Å²) in [5, 5.41) is 19.0. The van der Waals surface area contributed by atoms with Gasteiger partial charge in [0.2, 0.25) is 0 Å². The van der Waals surface area contributed by atoms with Crippen molar-refractivity contribution in [2.75, 3.05) is 0 Å². The Morgan fingerprint density at radius 3 is 2.14 bits per heavy atom. The lowest BCUT2D eigenvalue weighted by atomic mass is 10.2. The van der Waals surface area contributed by atoms with Crippen LogP contribution in [0.3, 0.4) is 0 Å². The van der Waals surface area contributed by atoms with Crippen LogP contribution in [0.25, 0.3) is 0 Å². The number of esters is 2. The lowest BCUT2D eigenvalue weighted by molar-refractivity contribution is -0.255. The van der Waals surface area contributed by atoms with E-state index in [1.807, 2.05) is 0 Å². The van der Waals surface area contributed by atoms with Gasteiger partial charge in [-0.25, -0.2) is 4.79 Å². The number of para-hydroxylation sites is 1. The summed E-state index contributed by atoms with van der Waals surface area (Å²) in [7, 11) is 0. The number of aliphatic hydroxyl groups is 1. The Hall–Kier alpha value is -2.67. The molecule has 0 aromatic heterocycles. The second-order valence-corrected chi connectivity index (χ2v) is 4.16. The minimum absolute atomic E-state index is 0.00926. The quantitative estimate of drug-likeness (QED) is 0.371. The van der Waals surface area contributed by atoms with Gasteiger partial charge in [-0.15, -0.1) is 0 Å². The third kappa shape index (κ3) is 7.81. The Labute approximate surface area is 127 Å². The van der Waals surface area contributed by atoms with Crippen molar-refractivity contribution in [1.82, 2.24) is 0 Å². The standard InChI is InChI=1S/C9H8O4.C6H10O3/c1-6(10)13-8-5-3-2-4-7(8)9(11)12;1-4(2)6(8)9-5(3)7/h2-5H,1H3,(H,11,12);5,7H,1H2,2-3H3/p-1. The number of hydrogen-bond donors (Lipinski definition) is 1. The Bertz CT molecular complexity index is 561. The summed E-state index contributed by atoms with van der Waals surface area (Å²) in [6.07, 6.45) is -1.05. The molecule has 7 heteroatoms. The van der Waals surface area contributed by atoms with Gasteiger partial charge in [-0.1, -0.05) is 18.7 Å². The van der Waals surface area contributed by atoms with E-state index in [1.165, 1.54) is 39.0 Å². The summed E-state index contributed by atoms with van der Waals surface area (Å²) in [6.45, 7) is 7.40. The third-order valence-electron chi connectivity index (χ3n) is 1.99. The number of benzene rings is 1. The lowest BCUT2D eigenvalue weighted by Crippen LogP contribution is -2.23. The molecule has 0 aliphatic rings. The van der Waals surface area contributed by atoms with Gasteiger partial charge in [-0.2, -0.15) is 0 Å². The van der Waals surface area contributed by atoms with Gasteiger partial charge in [0.15, 0.2) is 6.29 Å². The van der Waals surface area contributed by atoms with Crippen molar-refractivity contribution < 1.29 is 34.1 Å². The van der Waals surface area contributed by atoms with Crippen molar-refractivity contribution in [3.63, 3.8) is 0 Å². The number of ether oxygens (including phenoxy) is 2. The Morgan fingerprint density at radius 2 is 1.77 bits per heavy atom. The van der Waals surface area contributed by atoms with E-state index in [1.54, 1.807) is 6.07 Å². The Morgan fingerprint density at radius 1 is 1.23 bits per heavy atom. The molecule has 1 aromatic rings. The van der Waals surface area contributed by atoms with Crippen LogP contribution in [0.1, 0.15) is 31.1 Å². The van der Waals surface area contributed by atoms with Gasteiger partial charge in [0.25, 0.3) is 0 Å². The monoisotopic (exact) mass is 309 g/mol. The number of carbonyl (C=O) groups excluding carboxylic acids is 3. The predicted molar refractivity (Wildman–Crippen MR) is 74.7 cm³/mol. The van der Waals surface area contributed by atoms with Gasteiger partial charge in [-0.05, 0) is 26.0 Å². The molecule has 0 aliphatic carbocycles. The first kappa shape index (κ1) is 19.3. The first-order chi connectivity index (χ1) is 10.1. The largest absolute Gasteiger partial charge is 0.545 e. The first-order valence-corrected chi connectivity index (χ1v) is 6.18. The Balaban J connectivity index is 0.000000433. The van der Waals surface area contributed by atoms with Crippen molar-refractivity contribution >= 4 is 17.9 Å². The van der Waals surface area contributed by atoms with Crippen LogP contribution < -0.4 is 9.84 Å². The fraction of sp³-hybridized carbons (Fsp3) is 0.267. The molecule has 0 aliphatic heterocycles. The molecule has 1 rings (SSSR count). The zero-order valence-electron chi connectivity index (χ0n) is 12.5. The van der Waals surface area contributed by atoms with Gasteiger partial charge in [0.1, 0.15) is 5.75 Å². The molecule has 7 nitrogen and oxygen atoms in total. The summed E-state index contributed by atoms with van der Waals surface area (Å²) >= 11 is 0. The molecule has 0 radical (unpaired) electrons. The molecule has 0 amide bonds. The van der Waals surface area contributed by atoms with Crippen LogP contribution in [-0.2, 0) is 14.3 Å². The van der Waals surface area contributed by atoms with Crippen LogP contribution in [0.2, 0.25) is 0 Å². The molecular formula is C15H17O7-. The lowest BCUT2D eigenvalue weighted by Gasteiger charge is -2.08. The molecule has 1 atom stereocenters. The number of hydrogen-bond acceptors (Lipinski definition) is 7. The minimum Gasteiger partial charge on any atom is -0.545 e. The molecular weight excluding hydrogens is 292 g/mol. The summed E-state index contributed by atoms with van der Waals surface area (Å²) in [5.74, 6) is -2.48. The normalized spacial score (nSPS) is 10.5. The molecule has 1 unspecified atom stereocenters. The number of aromatic carboxylic acids is 1. The summed E-state index contributed by atoms with van der Waals surface area (Å²) in [5.41, 5.74) is 0.161. The second kappa shape index (κ2) is 9.30. The molecule has 1 N–H and O–H groups in total. The molecule has 0 bridgehead atoms. The van der Waals surface area contributed by atoms with Crippen molar-refractivity contribution in [1.29, 1.82) is 0 Å². The highest BCUT2D eigenvalue weighted by Crippen LogP contribution is 2.16. The number of rotatable bonds is 4. The van der Waals surface area contributed by atoms with Gasteiger partial charge >= 0.3 is 11.9 Å². The molecule has 0 saturated heterocycles.